The second kappa shape index (κ2) is 8.36. The molecule has 9 nitrogen and oxygen atoms in total. The first-order chi connectivity index (χ1) is 11.2. The van der Waals surface area contributed by atoms with Gasteiger partial charge < -0.3 is 10.1 Å². The first-order valence-corrected chi connectivity index (χ1v) is 8.10. The molecule has 0 unspecified atom stereocenters. The maximum Gasteiger partial charge on any atom is 0.324 e. The fourth-order valence-electron chi connectivity index (χ4n) is 1.49. The predicted molar refractivity (Wildman–Crippen MR) is 79.7 cm³/mol. The van der Waals surface area contributed by atoms with E-state index in [0.717, 1.165) is 19.1 Å². The Hall–Kier alpha value is -2.53. The summed E-state index contributed by atoms with van der Waals surface area (Å²) in [5, 5.41) is 3.97. The van der Waals surface area contributed by atoms with Crippen LogP contribution in [-0.2, 0) is 24.3 Å². The van der Waals surface area contributed by atoms with Gasteiger partial charge in [0.1, 0.15) is 16.8 Å². The first kappa shape index (κ1) is 19.5. The lowest BCUT2D eigenvalue weighted by atomic mass is 10.3. The number of hydrogen-bond donors (Lipinski definition) is 3. The van der Waals surface area contributed by atoms with E-state index in [2.05, 4.69) is 10.1 Å². The van der Waals surface area contributed by atoms with E-state index in [-0.39, 0.29) is 0 Å². The molecule has 24 heavy (non-hydrogen) atoms. The lowest BCUT2D eigenvalue weighted by Gasteiger charge is -2.14. The summed E-state index contributed by atoms with van der Waals surface area (Å²) in [4.78, 5) is 33.2. The Morgan fingerprint density at radius 3 is 2.46 bits per heavy atom. The van der Waals surface area contributed by atoms with Gasteiger partial charge in [-0.05, 0) is 19.1 Å². The van der Waals surface area contributed by atoms with Gasteiger partial charge in [-0.2, -0.15) is 4.72 Å². The number of sulfonamides is 1. The van der Waals surface area contributed by atoms with Crippen molar-refractivity contribution in [3.8, 4) is 0 Å². The van der Waals surface area contributed by atoms with Crippen molar-refractivity contribution in [1.82, 2.24) is 15.4 Å². The van der Waals surface area contributed by atoms with Gasteiger partial charge in [0.15, 0.2) is 6.61 Å². The molecule has 1 atom stereocenters. The molecular weight excluding hydrogens is 345 g/mol. The highest BCUT2D eigenvalue weighted by atomic mass is 32.2. The number of carbonyl (C=O) groups is 3. The van der Waals surface area contributed by atoms with E-state index >= 15 is 0 Å². The van der Waals surface area contributed by atoms with Crippen LogP contribution in [-0.4, -0.2) is 46.0 Å². The van der Waals surface area contributed by atoms with Crippen LogP contribution in [0.25, 0.3) is 0 Å². The maximum absolute atomic E-state index is 13.5. The molecule has 1 aromatic carbocycles. The van der Waals surface area contributed by atoms with Crippen LogP contribution in [0.5, 0.6) is 0 Å². The van der Waals surface area contributed by atoms with Crippen LogP contribution in [0.15, 0.2) is 29.2 Å². The number of urea groups is 1. The number of esters is 1. The quantitative estimate of drug-likeness (QED) is 0.585. The minimum atomic E-state index is -4.29. The van der Waals surface area contributed by atoms with Gasteiger partial charge in [0.2, 0.25) is 10.0 Å². The largest absolute Gasteiger partial charge is 0.454 e. The lowest BCUT2D eigenvalue weighted by molar-refractivity contribution is -0.149. The van der Waals surface area contributed by atoms with Crippen LogP contribution in [0, 0.1) is 5.82 Å². The van der Waals surface area contributed by atoms with Crippen LogP contribution < -0.4 is 15.4 Å². The highest BCUT2D eigenvalue weighted by Gasteiger charge is 2.25. The standard InChI is InChI=1S/C13H16FN3O6S/c1-8(12(19)23-7-11(18)16-13(20)15-2)17-24(21,22)10-6-4-3-5-9(10)14/h3-6,8,17H,7H2,1-2H3,(H2,15,16,18,20)/t8-/m0/s1. The van der Waals surface area contributed by atoms with Gasteiger partial charge in [-0.25, -0.2) is 17.6 Å². The van der Waals surface area contributed by atoms with Crippen molar-refractivity contribution >= 4 is 27.9 Å². The molecular formula is C13H16FN3O6S. The molecule has 0 aliphatic rings. The minimum absolute atomic E-state index is 0.623. The first-order valence-electron chi connectivity index (χ1n) is 6.62. The molecule has 11 heteroatoms. The molecule has 0 heterocycles. The number of halogens is 1. The minimum Gasteiger partial charge on any atom is -0.454 e. The predicted octanol–water partition coefficient (Wildman–Crippen LogP) is -0.509. The summed E-state index contributed by atoms with van der Waals surface area (Å²) < 4.78 is 44.0. The van der Waals surface area contributed by atoms with Crippen molar-refractivity contribution in [1.29, 1.82) is 0 Å². The summed E-state index contributed by atoms with van der Waals surface area (Å²) >= 11 is 0. The van der Waals surface area contributed by atoms with E-state index in [1.807, 2.05) is 10.0 Å². The summed E-state index contributed by atoms with van der Waals surface area (Å²) in [7, 11) is -3.00. The SMILES string of the molecule is CNC(=O)NC(=O)COC(=O)[C@H](C)NS(=O)(=O)c1ccccc1F. The average Bonchev–Trinajstić information content (AvgIpc) is 2.52. The molecule has 0 saturated heterocycles. The van der Waals surface area contributed by atoms with E-state index < -0.39 is 51.3 Å². The number of nitrogens with one attached hydrogen (secondary N) is 3. The van der Waals surface area contributed by atoms with E-state index in [0.29, 0.717) is 0 Å². The number of ether oxygens (including phenoxy) is 1. The third-order valence-electron chi connectivity index (χ3n) is 2.64. The third-order valence-corrected chi connectivity index (χ3v) is 4.21. The van der Waals surface area contributed by atoms with Gasteiger partial charge in [0, 0.05) is 7.05 Å². The number of amides is 3. The number of benzene rings is 1. The Balaban J connectivity index is 2.62. The van der Waals surface area contributed by atoms with E-state index in [1.165, 1.54) is 19.2 Å². The fraction of sp³-hybridized carbons (Fsp3) is 0.308. The Kier molecular flexibility index (Phi) is 6.80. The van der Waals surface area contributed by atoms with Gasteiger partial charge >= 0.3 is 12.0 Å². The molecule has 0 saturated carbocycles. The van der Waals surface area contributed by atoms with E-state index in [9.17, 15) is 27.2 Å². The summed E-state index contributed by atoms with van der Waals surface area (Å²) in [5.74, 6) is -2.94. The molecule has 0 aromatic heterocycles. The Morgan fingerprint density at radius 1 is 1.25 bits per heavy atom. The highest BCUT2D eigenvalue weighted by Crippen LogP contribution is 2.13. The molecule has 0 radical (unpaired) electrons. The summed E-state index contributed by atoms with van der Waals surface area (Å²) in [5.41, 5.74) is 0. The van der Waals surface area contributed by atoms with Crippen LogP contribution in [0.4, 0.5) is 9.18 Å². The topological polar surface area (TPSA) is 131 Å². The molecule has 0 fully saturated rings. The Morgan fingerprint density at radius 2 is 1.88 bits per heavy atom. The zero-order valence-corrected chi connectivity index (χ0v) is 13.6. The smallest absolute Gasteiger partial charge is 0.324 e. The van der Waals surface area contributed by atoms with Gasteiger partial charge in [-0.3, -0.25) is 14.9 Å². The zero-order valence-electron chi connectivity index (χ0n) is 12.8. The number of hydrogen-bond acceptors (Lipinski definition) is 6. The van der Waals surface area contributed by atoms with Crippen molar-refractivity contribution in [3.63, 3.8) is 0 Å². The molecule has 1 rings (SSSR count). The van der Waals surface area contributed by atoms with Crippen molar-refractivity contribution in [2.45, 2.75) is 17.9 Å². The third kappa shape index (κ3) is 5.59. The van der Waals surface area contributed by atoms with Crippen LogP contribution in [0.1, 0.15) is 6.92 Å². The molecule has 0 aliphatic carbocycles. The zero-order chi connectivity index (χ0) is 18.3. The maximum atomic E-state index is 13.5. The molecule has 0 bridgehead atoms. The molecule has 1 aromatic rings. The van der Waals surface area contributed by atoms with Crippen molar-refractivity contribution in [2.24, 2.45) is 0 Å². The van der Waals surface area contributed by atoms with Gasteiger partial charge in [-0.15, -0.1) is 0 Å². The van der Waals surface area contributed by atoms with Crippen LogP contribution in [0.3, 0.4) is 0 Å². The van der Waals surface area contributed by atoms with Crippen LogP contribution in [0.2, 0.25) is 0 Å². The molecule has 132 valence electrons. The van der Waals surface area contributed by atoms with E-state index in [1.54, 1.807) is 0 Å². The van der Waals surface area contributed by atoms with Gasteiger partial charge in [0.25, 0.3) is 5.91 Å². The average molecular weight is 361 g/mol. The van der Waals surface area contributed by atoms with Gasteiger partial charge in [-0.1, -0.05) is 12.1 Å². The second-order valence-corrected chi connectivity index (χ2v) is 6.19. The van der Waals surface area contributed by atoms with Crippen LogP contribution >= 0.6 is 0 Å². The molecule has 3 N–H and O–H groups in total. The second-order valence-electron chi connectivity index (χ2n) is 4.51. The normalized spacial score (nSPS) is 12.1. The monoisotopic (exact) mass is 361 g/mol. The molecule has 0 spiro atoms. The van der Waals surface area contributed by atoms with E-state index in [4.69, 9.17) is 0 Å². The number of carbonyl (C=O) groups excluding carboxylic acids is 3. The van der Waals surface area contributed by atoms with Crippen molar-refractivity contribution < 1.29 is 31.9 Å². The van der Waals surface area contributed by atoms with Gasteiger partial charge in [0.05, 0.1) is 0 Å². The molecule has 3 amide bonds. The lowest BCUT2D eigenvalue weighted by Crippen LogP contribution is -2.43. The molecule has 0 aliphatic heterocycles. The fourth-order valence-corrected chi connectivity index (χ4v) is 2.77. The summed E-state index contributed by atoms with van der Waals surface area (Å²) in [6, 6.07) is 2.47. The Labute approximate surface area is 137 Å². The number of rotatable bonds is 6. The van der Waals surface area contributed by atoms with Crippen molar-refractivity contribution in [3.05, 3.63) is 30.1 Å². The summed E-state index contributed by atoms with van der Waals surface area (Å²) in [6.07, 6.45) is 0. The number of imide groups is 1. The Bertz CT molecular complexity index is 737. The highest BCUT2D eigenvalue weighted by molar-refractivity contribution is 7.89. The summed E-state index contributed by atoms with van der Waals surface area (Å²) in [6.45, 7) is 0.384. The van der Waals surface area contributed by atoms with Crippen molar-refractivity contribution in [2.75, 3.05) is 13.7 Å².